The Balaban J connectivity index is 2.05. The molecule has 0 bridgehead atoms. The number of carbonyl (C=O) groups is 1. The van der Waals surface area contributed by atoms with Crippen LogP contribution in [0.2, 0.25) is 0 Å². The van der Waals surface area contributed by atoms with E-state index in [1.54, 1.807) is 6.20 Å². The lowest BCUT2D eigenvalue weighted by Crippen LogP contribution is -2.38. The zero-order chi connectivity index (χ0) is 12.7. The van der Waals surface area contributed by atoms with Gasteiger partial charge in [-0.2, -0.15) is 13.2 Å². The molecular weight excluding hydrogens is 255 g/mol. The van der Waals surface area contributed by atoms with Crippen LogP contribution in [0.25, 0.3) is 0 Å². The van der Waals surface area contributed by atoms with E-state index in [4.69, 9.17) is 0 Å². The highest BCUT2D eigenvalue weighted by Crippen LogP contribution is 2.11. The number of alkyl halides is 3. The van der Waals surface area contributed by atoms with Crippen LogP contribution in [0.4, 0.5) is 13.2 Å². The molecule has 1 aromatic heterocycles. The summed E-state index contributed by atoms with van der Waals surface area (Å²) in [5.41, 5.74) is 0. The largest absolute Gasteiger partial charge is 0.401 e. The third-order valence-corrected chi connectivity index (χ3v) is 2.59. The van der Waals surface area contributed by atoms with Crippen molar-refractivity contribution in [2.75, 3.05) is 19.6 Å². The van der Waals surface area contributed by atoms with Crippen molar-refractivity contribution >= 4 is 17.2 Å². The molecule has 0 aliphatic heterocycles. The molecule has 17 heavy (non-hydrogen) atoms. The normalized spacial score (nSPS) is 11.5. The van der Waals surface area contributed by atoms with Crippen LogP contribution in [0, 0.1) is 0 Å². The maximum absolute atomic E-state index is 11.7. The fourth-order valence-electron chi connectivity index (χ4n) is 1.07. The lowest BCUT2D eigenvalue weighted by Gasteiger charge is -2.08. The highest BCUT2D eigenvalue weighted by molar-refractivity contribution is 7.09. The fraction of sp³-hybridized carbons (Fsp3) is 0.556. The van der Waals surface area contributed by atoms with Crippen LogP contribution in [0.1, 0.15) is 5.01 Å². The van der Waals surface area contributed by atoms with E-state index in [2.05, 4.69) is 10.3 Å². The number of aromatic nitrogens is 1. The molecule has 0 atom stereocenters. The Labute approximate surface area is 100 Å². The predicted molar refractivity (Wildman–Crippen MR) is 57.8 cm³/mol. The summed E-state index contributed by atoms with van der Waals surface area (Å²) in [6.45, 7) is -1.12. The number of hydrogen-bond donors (Lipinski definition) is 2. The van der Waals surface area contributed by atoms with Crippen LogP contribution in [0.3, 0.4) is 0 Å². The van der Waals surface area contributed by atoms with E-state index >= 15 is 0 Å². The van der Waals surface area contributed by atoms with E-state index < -0.39 is 18.6 Å². The molecule has 1 rings (SSSR count). The van der Waals surface area contributed by atoms with Gasteiger partial charge >= 0.3 is 6.18 Å². The molecule has 0 unspecified atom stereocenters. The molecule has 4 nitrogen and oxygen atoms in total. The smallest absolute Gasteiger partial charge is 0.355 e. The maximum atomic E-state index is 11.7. The lowest BCUT2D eigenvalue weighted by atomic mass is 10.4. The molecule has 0 radical (unpaired) electrons. The summed E-state index contributed by atoms with van der Waals surface area (Å²) in [4.78, 5) is 15.1. The first kappa shape index (κ1) is 13.9. The zero-order valence-corrected chi connectivity index (χ0v) is 9.70. The first-order chi connectivity index (χ1) is 7.97. The Morgan fingerprint density at radius 1 is 1.47 bits per heavy atom. The molecule has 0 aromatic carbocycles. The van der Waals surface area contributed by atoms with Crippen LogP contribution in [0.5, 0.6) is 0 Å². The summed E-state index contributed by atoms with van der Waals surface area (Å²) in [5, 5.41) is 7.23. The van der Waals surface area contributed by atoms with Gasteiger partial charge < -0.3 is 10.6 Å². The molecule has 0 spiro atoms. The standard InChI is InChI=1S/C9H12F3N3OS/c10-9(11,12)6-13-5-7(16)14-2-1-8-15-3-4-17-8/h3-4,13H,1-2,5-6H2,(H,14,16). The molecule has 2 N–H and O–H groups in total. The quantitative estimate of drug-likeness (QED) is 0.807. The summed E-state index contributed by atoms with van der Waals surface area (Å²) in [6.07, 6.45) is -2.05. The molecule has 1 heterocycles. The SMILES string of the molecule is O=C(CNCC(F)(F)F)NCCc1nccs1. The minimum Gasteiger partial charge on any atom is -0.355 e. The Morgan fingerprint density at radius 2 is 2.24 bits per heavy atom. The van der Waals surface area contributed by atoms with Gasteiger partial charge in [0.2, 0.25) is 5.91 Å². The van der Waals surface area contributed by atoms with Gasteiger partial charge in [-0.3, -0.25) is 4.79 Å². The molecule has 8 heteroatoms. The first-order valence-corrected chi connectivity index (χ1v) is 5.78. The van der Waals surface area contributed by atoms with Gasteiger partial charge in [-0.05, 0) is 0 Å². The van der Waals surface area contributed by atoms with Crippen molar-refractivity contribution in [3.8, 4) is 0 Å². The maximum Gasteiger partial charge on any atom is 0.401 e. The molecular formula is C9H12F3N3OS. The number of nitrogens with one attached hydrogen (secondary N) is 2. The van der Waals surface area contributed by atoms with E-state index in [0.717, 1.165) is 5.01 Å². The number of hydrogen-bond acceptors (Lipinski definition) is 4. The number of nitrogens with zero attached hydrogens (tertiary/aromatic N) is 1. The van der Waals surface area contributed by atoms with Crippen molar-refractivity contribution < 1.29 is 18.0 Å². The Morgan fingerprint density at radius 3 is 2.82 bits per heavy atom. The number of carbonyl (C=O) groups excluding carboxylic acids is 1. The molecule has 0 saturated carbocycles. The fourth-order valence-corrected chi connectivity index (χ4v) is 1.69. The second-order valence-electron chi connectivity index (χ2n) is 3.24. The molecule has 1 aromatic rings. The predicted octanol–water partition coefficient (Wildman–Crippen LogP) is 0.954. The van der Waals surface area contributed by atoms with E-state index in [0.29, 0.717) is 13.0 Å². The van der Waals surface area contributed by atoms with Crippen LogP contribution in [-0.2, 0) is 11.2 Å². The average molecular weight is 267 g/mol. The van der Waals surface area contributed by atoms with Gasteiger partial charge in [-0.1, -0.05) is 0 Å². The number of rotatable bonds is 6. The number of halogens is 3. The van der Waals surface area contributed by atoms with Crippen molar-refractivity contribution in [3.05, 3.63) is 16.6 Å². The van der Waals surface area contributed by atoms with Gasteiger partial charge in [-0.25, -0.2) is 4.98 Å². The van der Waals surface area contributed by atoms with Crippen molar-refractivity contribution in [1.29, 1.82) is 0 Å². The second-order valence-corrected chi connectivity index (χ2v) is 4.22. The summed E-state index contributed by atoms with van der Waals surface area (Å²) in [6, 6.07) is 0. The molecule has 96 valence electrons. The number of amides is 1. The van der Waals surface area contributed by atoms with Gasteiger partial charge in [-0.15, -0.1) is 11.3 Å². The average Bonchev–Trinajstić information content (AvgIpc) is 2.68. The van der Waals surface area contributed by atoms with Gasteiger partial charge in [0, 0.05) is 24.5 Å². The first-order valence-electron chi connectivity index (χ1n) is 4.90. The van der Waals surface area contributed by atoms with Crippen LogP contribution in [-0.4, -0.2) is 36.7 Å². The molecule has 0 aliphatic carbocycles. The molecule has 0 saturated heterocycles. The minimum atomic E-state index is -4.29. The summed E-state index contributed by atoms with van der Waals surface area (Å²) in [7, 11) is 0. The summed E-state index contributed by atoms with van der Waals surface area (Å²) >= 11 is 1.47. The summed E-state index contributed by atoms with van der Waals surface area (Å²) < 4.78 is 35.2. The van der Waals surface area contributed by atoms with Crippen LogP contribution in [0.15, 0.2) is 11.6 Å². The van der Waals surface area contributed by atoms with Gasteiger partial charge in [0.15, 0.2) is 0 Å². The minimum absolute atomic E-state index is 0.336. The topological polar surface area (TPSA) is 54.0 Å². The lowest BCUT2D eigenvalue weighted by molar-refractivity contribution is -0.128. The van der Waals surface area contributed by atoms with Crippen molar-refractivity contribution in [1.82, 2.24) is 15.6 Å². The molecule has 0 aliphatic rings. The Hall–Kier alpha value is -1.15. The van der Waals surface area contributed by atoms with Crippen molar-refractivity contribution in [2.45, 2.75) is 12.6 Å². The number of thiazole rings is 1. The third-order valence-electron chi connectivity index (χ3n) is 1.76. The van der Waals surface area contributed by atoms with Gasteiger partial charge in [0.05, 0.1) is 18.1 Å². The third kappa shape index (κ3) is 6.90. The Bertz CT molecular complexity index is 340. The molecule has 0 fully saturated rings. The second kappa shape index (κ2) is 6.55. The van der Waals surface area contributed by atoms with E-state index in [-0.39, 0.29) is 6.54 Å². The van der Waals surface area contributed by atoms with Gasteiger partial charge in [0.25, 0.3) is 0 Å². The highest BCUT2D eigenvalue weighted by Gasteiger charge is 2.26. The van der Waals surface area contributed by atoms with Crippen LogP contribution < -0.4 is 10.6 Å². The van der Waals surface area contributed by atoms with Crippen molar-refractivity contribution in [3.63, 3.8) is 0 Å². The van der Waals surface area contributed by atoms with Crippen LogP contribution >= 0.6 is 11.3 Å². The van der Waals surface area contributed by atoms with E-state index in [9.17, 15) is 18.0 Å². The molecule has 1 amide bonds. The summed E-state index contributed by atoms with van der Waals surface area (Å²) in [5.74, 6) is -0.453. The monoisotopic (exact) mass is 267 g/mol. The Kier molecular flexibility index (Phi) is 5.36. The highest BCUT2D eigenvalue weighted by atomic mass is 32.1. The van der Waals surface area contributed by atoms with Crippen molar-refractivity contribution in [2.24, 2.45) is 0 Å². The van der Waals surface area contributed by atoms with E-state index in [1.807, 2.05) is 10.7 Å². The van der Waals surface area contributed by atoms with E-state index in [1.165, 1.54) is 11.3 Å². The van der Waals surface area contributed by atoms with Gasteiger partial charge in [0.1, 0.15) is 0 Å². The zero-order valence-electron chi connectivity index (χ0n) is 8.88.